The number of carbonyl (C=O) groups is 1. The van der Waals surface area contributed by atoms with Crippen LogP contribution in [0.2, 0.25) is 0 Å². The molecule has 148 valence electrons. The summed E-state index contributed by atoms with van der Waals surface area (Å²) in [6.45, 7) is 6.55. The van der Waals surface area contributed by atoms with Crippen molar-refractivity contribution in [2.45, 2.75) is 19.8 Å². The van der Waals surface area contributed by atoms with Crippen LogP contribution in [0.25, 0.3) is 0 Å². The number of hydrogen-bond acceptors (Lipinski definition) is 5. The highest BCUT2D eigenvalue weighted by atomic mass is 16.5. The standard InChI is InChI=1S/C21H27N5O2/c1-17-3-5-18(6-4-17)24-20(27)25-11-7-21(8-12-25)15-26(13-14-28-16-21)19-22-9-2-10-23-19/h2-6,9-10H,7-8,11-16H2,1H3,(H,24,27). The smallest absolute Gasteiger partial charge is 0.321 e. The van der Waals surface area contributed by atoms with Gasteiger partial charge in [-0.15, -0.1) is 0 Å². The number of hydrogen-bond donors (Lipinski definition) is 1. The monoisotopic (exact) mass is 381 g/mol. The summed E-state index contributed by atoms with van der Waals surface area (Å²) in [7, 11) is 0. The van der Waals surface area contributed by atoms with Gasteiger partial charge in [-0.25, -0.2) is 14.8 Å². The summed E-state index contributed by atoms with van der Waals surface area (Å²) in [6.07, 6.45) is 5.38. The van der Waals surface area contributed by atoms with Crippen molar-refractivity contribution < 1.29 is 9.53 Å². The van der Waals surface area contributed by atoms with Crippen molar-refractivity contribution in [1.82, 2.24) is 14.9 Å². The SMILES string of the molecule is Cc1ccc(NC(=O)N2CCC3(CC2)COCCN(c2ncccn2)C3)cc1. The fourth-order valence-electron chi connectivity index (χ4n) is 3.94. The molecular weight excluding hydrogens is 354 g/mol. The topological polar surface area (TPSA) is 70.6 Å². The van der Waals surface area contributed by atoms with Crippen LogP contribution in [0.15, 0.2) is 42.7 Å². The minimum Gasteiger partial charge on any atom is -0.379 e. The van der Waals surface area contributed by atoms with Crippen molar-refractivity contribution in [3.63, 3.8) is 0 Å². The first-order valence-electron chi connectivity index (χ1n) is 9.86. The van der Waals surface area contributed by atoms with Crippen LogP contribution in [-0.4, -0.2) is 60.3 Å². The Balaban J connectivity index is 1.37. The third-order valence-corrected chi connectivity index (χ3v) is 5.69. The second-order valence-corrected chi connectivity index (χ2v) is 7.81. The number of likely N-dealkylation sites (tertiary alicyclic amines) is 1. The minimum absolute atomic E-state index is 0.0310. The number of aromatic nitrogens is 2. The van der Waals surface area contributed by atoms with Crippen molar-refractivity contribution in [3.05, 3.63) is 48.3 Å². The molecule has 2 fully saturated rings. The number of ether oxygens (including phenoxy) is 1. The van der Waals surface area contributed by atoms with E-state index in [4.69, 9.17) is 4.74 Å². The van der Waals surface area contributed by atoms with Crippen LogP contribution >= 0.6 is 0 Å². The number of nitrogens with zero attached hydrogens (tertiary/aromatic N) is 4. The van der Waals surface area contributed by atoms with E-state index in [1.54, 1.807) is 12.4 Å². The van der Waals surface area contributed by atoms with Gasteiger partial charge in [0, 0.05) is 49.7 Å². The average Bonchev–Trinajstić information content (AvgIpc) is 2.94. The third kappa shape index (κ3) is 4.25. The van der Waals surface area contributed by atoms with Crippen molar-refractivity contribution >= 4 is 17.7 Å². The quantitative estimate of drug-likeness (QED) is 0.866. The third-order valence-electron chi connectivity index (χ3n) is 5.69. The molecule has 28 heavy (non-hydrogen) atoms. The van der Waals surface area contributed by atoms with Crippen molar-refractivity contribution in [1.29, 1.82) is 0 Å². The molecule has 0 unspecified atom stereocenters. The Labute approximate surface area is 165 Å². The zero-order valence-electron chi connectivity index (χ0n) is 16.3. The van der Waals surface area contributed by atoms with E-state index < -0.39 is 0 Å². The van der Waals surface area contributed by atoms with Gasteiger partial charge in [-0.3, -0.25) is 0 Å². The van der Waals surface area contributed by atoms with Gasteiger partial charge in [-0.2, -0.15) is 0 Å². The van der Waals surface area contributed by atoms with E-state index in [2.05, 4.69) is 20.2 Å². The van der Waals surface area contributed by atoms with E-state index in [0.717, 1.165) is 57.3 Å². The molecular formula is C21H27N5O2. The van der Waals surface area contributed by atoms with Gasteiger partial charge >= 0.3 is 6.03 Å². The summed E-state index contributed by atoms with van der Waals surface area (Å²) < 4.78 is 5.93. The molecule has 7 heteroatoms. The van der Waals surface area contributed by atoms with Crippen LogP contribution in [0.3, 0.4) is 0 Å². The van der Waals surface area contributed by atoms with Crippen LogP contribution in [-0.2, 0) is 4.74 Å². The van der Waals surface area contributed by atoms with Crippen molar-refractivity contribution in [2.24, 2.45) is 5.41 Å². The molecule has 1 aromatic heterocycles. The molecule has 0 bridgehead atoms. The van der Waals surface area contributed by atoms with Crippen LogP contribution in [0.1, 0.15) is 18.4 Å². The molecule has 0 aliphatic carbocycles. The van der Waals surface area contributed by atoms with Crippen LogP contribution in [0, 0.1) is 12.3 Å². The molecule has 7 nitrogen and oxygen atoms in total. The maximum Gasteiger partial charge on any atom is 0.321 e. The second kappa shape index (κ2) is 8.14. The number of amides is 2. The Morgan fingerprint density at radius 3 is 2.54 bits per heavy atom. The Morgan fingerprint density at radius 1 is 1.11 bits per heavy atom. The number of anilines is 2. The highest BCUT2D eigenvalue weighted by Crippen LogP contribution is 2.35. The van der Waals surface area contributed by atoms with Gasteiger partial charge in [0.2, 0.25) is 5.95 Å². The summed E-state index contributed by atoms with van der Waals surface area (Å²) in [4.78, 5) is 25.6. The molecule has 1 spiro atoms. The summed E-state index contributed by atoms with van der Waals surface area (Å²) in [5.74, 6) is 0.756. The summed E-state index contributed by atoms with van der Waals surface area (Å²) in [5.41, 5.74) is 2.05. The number of urea groups is 1. The number of benzene rings is 1. The summed E-state index contributed by atoms with van der Waals surface area (Å²) in [6, 6.07) is 9.69. The van der Waals surface area contributed by atoms with E-state index >= 15 is 0 Å². The lowest BCUT2D eigenvalue weighted by molar-refractivity contribution is 0.0312. The Morgan fingerprint density at radius 2 is 1.82 bits per heavy atom. The van der Waals surface area contributed by atoms with Gasteiger partial charge in [0.25, 0.3) is 0 Å². The molecule has 1 aromatic carbocycles. The zero-order chi connectivity index (χ0) is 19.4. The van der Waals surface area contributed by atoms with Gasteiger partial charge in [-0.1, -0.05) is 17.7 Å². The largest absolute Gasteiger partial charge is 0.379 e. The number of nitrogens with one attached hydrogen (secondary N) is 1. The molecule has 2 aliphatic heterocycles. The van der Waals surface area contributed by atoms with E-state index in [1.165, 1.54) is 5.56 Å². The Hall–Kier alpha value is -2.67. The summed E-state index contributed by atoms with van der Waals surface area (Å²) in [5, 5.41) is 3.00. The maximum atomic E-state index is 12.6. The van der Waals surface area contributed by atoms with Crippen molar-refractivity contribution in [2.75, 3.05) is 49.6 Å². The first-order chi connectivity index (χ1) is 13.6. The molecule has 0 radical (unpaired) electrons. The predicted octanol–water partition coefficient (Wildman–Crippen LogP) is 2.94. The maximum absolute atomic E-state index is 12.6. The summed E-state index contributed by atoms with van der Waals surface area (Å²) >= 11 is 0. The lowest BCUT2D eigenvalue weighted by atomic mass is 9.78. The number of piperidine rings is 1. The van der Waals surface area contributed by atoms with Gasteiger partial charge in [0.1, 0.15) is 0 Å². The molecule has 1 N–H and O–H groups in total. The van der Waals surface area contributed by atoms with Crippen molar-refractivity contribution in [3.8, 4) is 0 Å². The number of rotatable bonds is 2. The predicted molar refractivity (Wildman–Crippen MR) is 109 cm³/mol. The normalized spacial score (nSPS) is 19.3. The molecule has 4 rings (SSSR count). The Bertz CT molecular complexity index is 788. The fourth-order valence-corrected chi connectivity index (χ4v) is 3.94. The molecule has 2 saturated heterocycles. The Kier molecular flexibility index (Phi) is 5.43. The van der Waals surface area contributed by atoms with Crippen LogP contribution < -0.4 is 10.2 Å². The molecule has 2 aromatic rings. The van der Waals surface area contributed by atoms with Gasteiger partial charge in [0.15, 0.2) is 0 Å². The molecule has 2 amide bonds. The van der Waals surface area contributed by atoms with E-state index in [1.807, 2.05) is 42.2 Å². The minimum atomic E-state index is -0.0310. The molecule has 2 aliphatic rings. The molecule has 0 saturated carbocycles. The van der Waals surface area contributed by atoms with Gasteiger partial charge in [0.05, 0.1) is 13.2 Å². The highest BCUT2D eigenvalue weighted by molar-refractivity contribution is 5.89. The van der Waals surface area contributed by atoms with E-state index in [9.17, 15) is 4.79 Å². The van der Waals surface area contributed by atoms with Gasteiger partial charge in [-0.05, 0) is 38.0 Å². The number of aryl methyl sites for hydroxylation is 1. The zero-order valence-corrected chi connectivity index (χ0v) is 16.3. The first-order valence-corrected chi connectivity index (χ1v) is 9.86. The fraction of sp³-hybridized carbons (Fsp3) is 0.476. The molecule has 0 atom stereocenters. The first kappa shape index (κ1) is 18.7. The lowest BCUT2D eigenvalue weighted by Crippen LogP contribution is -2.50. The molecule has 3 heterocycles. The van der Waals surface area contributed by atoms with Crippen LogP contribution in [0.4, 0.5) is 16.4 Å². The van der Waals surface area contributed by atoms with Crippen LogP contribution in [0.5, 0.6) is 0 Å². The van der Waals surface area contributed by atoms with E-state index in [0.29, 0.717) is 6.61 Å². The van der Waals surface area contributed by atoms with Gasteiger partial charge < -0.3 is 19.9 Å². The second-order valence-electron chi connectivity index (χ2n) is 7.81. The lowest BCUT2D eigenvalue weighted by Gasteiger charge is -2.42. The van der Waals surface area contributed by atoms with E-state index in [-0.39, 0.29) is 11.4 Å². The highest BCUT2D eigenvalue weighted by Gasteiger charge is 2.39. The number of carbonyl (C=O) groups excluding carboxylic acids is 1. The average molecular weight is 381 g/mol.